The molecular formula is C10H10N2S. The summed E-state index contributed by atoms with van der Waals surface area (Å²) in [6.07, 6.45) is 0. The lowest BCUT2D eigenvalue weighted by atomic mass is 10.1. The second-order valence-corrected chi connectivity index (χ2v) is 3.79. The van der Waals surface area contributed by atoms with E-state index in [2.05, 4.69) is 36.2 Å². The van der Waals surface area contributed by atoms with Crippen LogP contribution in [-0.2, 0) is 0 Å². The van der Waals surface area contributed by atoms with Gasteiger partial charge >= 0.3 is 0 Å². The van der Waals surface area contributed by atoms with Gasteiger partial charge in [-0.3, -0.25) is 0 Å². The third-order valence-electron chi connectivity index (χ3n) is 1.91. The minimum atomic E-state index is 0.619. The molecule has 0 amide bonds. The third-order valence-corrected chi connectivity index (χ3v) is 2.80. The van der Waals surface area contributed by atoms with E-state index in [9.17, 15) is 0 Å². The molecule has 2 aromatic rings. The summed E-state index contributed by atoms with van der Waals surface area (Å²) in [5, 5.41) is 0. The highest BCUT2D eigenvalue weighted by molar-refractivity contribution is 7.13. The maximum atomic E-state index is 5.71. The van der Waals surface area contributed by atoms with Crippen molar-refractivity contribution in [2.24, 2.45) is 0 Å². The van der Waals surface area contributed by atoms with Crippen molar-refractivity contribution in [3.8, 4) is 10.4 Å². The predicted molar refractivity (Wildman–Crippen MR) is 56.7 cm³/mol. The molecule has 0 bridgehead atoms. The molecule has 0 aliphatic carbocycles. The first-order valence-electron chi connectivity index (χ1n) is 4.03. The summed E-state index contributed by atoms with van der Waals surface area (Å²) in [4.78, 5) is 5.07. The first-order chi connectivity index (χ1) is 6.27. The highest BCUT2D eigenvalue weighted by Crippen LogP contribution is 2.29. The van der Waals surface area contributed by atoms with E-state index in [4.69, 9.17) is 5.73 Å². The lowest BCUT2D eigenvalue weighted by Gasteiger charge is -1.98. The number of benzene rings is 1. The number of nitrogens with zero attached hydrogens (tertiary/aromatic N) is 1. The van der Waals surface area contributed by atoms with Gasteiger partial charge in [-0.15, -0.1) is 11.3 Å². The Labute approximate surface area is 81.1 Å². The quantitative estimate of drug-likeness (QED) is 0.751. The highest BCUT2D eigenvalue weighted by atomic mass is 32.1. The summed E-state index contributed by atoms with van der Waals surface area (Å²) in [6.45, 7) is 2.07. The molecule has 0 radical (unpaired) electrons. The van der Waals surface area contributed by atoms with Gasteiger partial charge in [0.2, 0.25) is 0 Å². The Morgan fingerprint density at radius 2 is 1.92 bits per heavy atom. The molecule has 0 saturated heterocycles. The van der Waals surface area contributed by atoms with Crippen molar-refractivity contribution in [2.75, 3.05) is 5.73 Å². The fraction of sp³-hybridized carbons (Fsp3) is 0.100. The first kappa shape index (κ1) is 8.26. The fourth-order valence-corrected chi connectivity index (χ4v) is 1.89. The summed E-state index contributed by atoms with van der Waals surface area (Å²) in [7, 11) is 0. The molecule has 66 valence electrons. The zero-order valence-corrected chi connectivity index (χ0v) is 8.14. The Hall–Kier alpha value is -1.35. The molecule has 0 unspecified atom stereocenters. The van der Waals surface area contributed by atoms with E-state index < -0.39 is 0 Å². The SMILES string of the molecule is Cc1ccc(-c2scnc2N)cc1. The van der Waals surface area contributed by atoms with Gasteiger partial charge in [-0.1, -0.05) is 29.8 Å². The van der Waals surface area contributed by atoms with Crippen LogP contribution in [0.1, 0.15) is 5.56 Å². The molecule has 0 aliphatic rings. The monoisotopic (exact) mass is 190 g/mol. The number of thiazole rings is 1. The van der Waals surface area contributed by atoms with Gasteiger partial charge in [0.25, 0.3) is 0 Å². The molecule has 13 heavy (non-hydrogen) atoms. The summed E-state index contributed by atoms with van der Waals surface area (Å²) < 4.78 is 0. The molecule has 2 nitrogen and oxygen atoms in total. The lowest BCUT2D eigenvalue weighted by molar-refractivity contribution is 1.42. The highest BCUT2D eigenvalue weighted by Gasteiger charge is 2.03. The molecule has 3 heteroatoms. The van der Waals surface area contributed by atoms with E-state index in [0.717, 1.165) is 10.4 Å². The number of rotatable bonds is 1. The van der Waals surface area contributed by atoms with E-state index in [-0.39, 0.29) is 0 Å². The summed E-state index contributed by atoms with van der Waals surface area (Å²) >= 11 is 1.57. The Morgan fingerprint density at radius 3 is 2.46 bits per heavy atom. The first-order valence-corrected chi connectivity index (χ1v) is 4.91. The van der Waals surface area contributed by atoms with E-state index in [1.807, 2.05) is 0 Å². The number of anilines is 1. The molecule has 1 aromatic heterocycles. The largest absolute Gasteiger partial charge is 0.382 e. The molecule has 0 spiro atoms. The van der Waals surface area contributed by atoms with Gasteiger partial charge < -0.3 is 5.73 Å². The van der Waals surface area contributed by atoms with Crippen LogP contribution in [-0.4, -0.2) is 4.98 Å². The lowest BCUT2D eigenvalue weighted by Crippen LogP contribution is -1.86. The van der Waals surface area contributed by atoms with Crippen LogP contribution in [0.25, 0.3) is 10.4 Å². The van der Waals surface area contributed by atoms with Crippen molar-refractivity contribution in [2.45, 2.75) is 6.92 Å². The fourth-order valence-electron chi connectivity index (χ4n) is 1.18. The maximum Gasteiger partial charge on any atom is 0.142 e. The van der Waals surface area contributed by atoms with Crippen LogP contribution in [0, 0.1) is 6.92 Å². The van der Waals surface area contributed by atoms with Crippen LogP contribution in [0.15, 0.2) is 29.8 Å². The number of hydrogen-bond acceptors (Lipinski definition) is 3. The number of aromatic nitrogens is 1. The van der Waals surface area contributed by atoms with Gasteiger partial charge in [0.05, 0.1) is 10.4 Å². The van der Waals surface area contributed by atoms with Gasteiger partial charge in [-0.05, 0) is 12.5 Å². The summed E-state index contributed by atoms with van der Waals surface area (Å²) in [5.74, 6) is 0.619. The van der Waals surface area contributed by atoms with Crippen molar-refractivity contribution in [1.82, 2.24) is 4.98 Å². The van der Waals surface area contributed by atoms with Gasteiger partial charge in [0, 0.05) is 0 Å². The van der Waals surface area contributed by atoms with Crippen molar-refractivity contribution < 1.29 is 0 Å². The van der Waals surface area contributed by atoms with Crippen LogP contribution >= 0.6 is 11.3 Å². The van der Waals surface area contributed by atoms with Crippen molar-refractivity contribution in [3.63, 3.8) is 0 Å². The van der Waals surface area contributed by atoms with Gasteiger partial charge in [0.1, 0.15) is 5.82 Å². The molecular weight excluding hydrogens is 180 g/mol. The van der Waals surface area contributed by atoms with Crippen LogP contribution in [0.4, 0.5) is 5.82 Å². The van der Waals surface area contributed by atoms with Crippen molar-refractivity contribution in [3.05, 3.63) is 35.3 Å². The minimum Gasteiger partial charge on any atom is -0.382 e. The van der Waals surface area contributed by atoms with E-state index >= 15 is 0 Å². The Kier molecular flexibility index (Phi) is 2.02. The Bertz CT molecular complexity index is 403. The summed E-state index contributed by atoms with van der Waals surface area (Å²) in [5.41, 5.74) is 9.88. The van der Waals surface area contributed by atoms with E-state index in [1.54, 1.807) is 16.8 Å². The second-order valence-electron chi connectivity index (χ2n) is 2.93. The number of hydrogen-bond donors (Lipinski definition) is 1. The molecule has 1 heterocycles. The van der Waals surface area contributed by atoms with Crippen LogP contribution < -0.4 is 5.73 Å². The third kappa shape index (κ3) is 1.55. The number of nitrogens with two attached hydrogens (primary N) is 1. The van der Waals surface area contributed by atoms with E-state index in [1.165, 1.54) is 5.56 Å². The zero-order chi connectivity index (χ0) is 9.26. The molecule has 1 aromatic carbocycles. The smallest absolute Gasteiger partial charge is 0.142 e. The second kappa shape index (κ2) is 3.18. The van der Waals surface area contributed by atoms with Crippen LogP contribution in [0.5, 0.6) is 0 Å². The number of nitrogen functional groups attached to an aromatic ring is 1. The zero-order valence-electron chi connectivity index (χ0n) is 7.32. The van der Waals surface area contributed by atoms with Gasteiger partial charge in [0.15, 0.2) is 0 Å². The van der Waals surface area contributed by atoms with Gasteiger partial charge in [-0.25, -0.2) is 4.98 Å². The van der Waals surface area contributed by atoms with Crippen molar-refractivity contribution in [1.29, 1.82) is 0 Å². The average molecular weight is 190 g/mol. The maximum absolute atomic E-state index is 5.71. The molecule has 0 atom stereocenters. The molecule has 2 rings (SSSR count). The Morgan fingerprint density at radius 1 is 1.23 bits per heavy atom. The standard InChI is InChI=1S/C10H10N2S/c1-7-2-4-8(5-3-7)9-10(11)12-6-13-9/h2-6H,11H2,1H3. The topological polar surface area (TPSA) is 38.9 Å². The van der Waals surface area contributed by atoms with Crippen LogP contribution in [0.2, 0.25) is 0 Å². The minimum absolute atomic E-state index is 0.619. The van der Waals surface area contributed by atoms with E-state index in [0.29, 0.717) is 5.82 Å². The molecule has 0 aliphatic heterocycles. The van der Waals surface area contributed by atoms with Crippen LogP contribution in [0.3, 0.4) is 0 Å². The van der Waals surface area contributed by atoms with Crippen molar-refractivity contribution >= 4 is 17.2 Å². The summed E-state index contributed by atoms with van der Waals surface area (Å²) in [6, 6.07) is 8.29. The average Bonchev–Trinajstić information content (AvgIpc) is 2.53. The number of aryl methyl sites for hydroxylation is 1. The normalized spacial score (nSPS) is 10.2. The molecule has 2 N–H and O–H groups in total. The molecule has 0 fully saturated rings. The predicted octanol–water partition coefficient (Wildman–Crippen LogP) is 2.70. The van der Waals surface area contributed by atoms with Gasteiger partial charge in [-0.2, -0.15) is 0 Å². The molecule has 0 saturated carbocycles. The Balaban J connectivity index is 2.47.